The van der Waals surface area contributed by atoms with Gasteiger partial charge >= 0.3 is 0 Å². The van der Waals surface area contributed by atoms with E-state index in [4.69, 9.17) is 0 Å². The van der Waals surface area contributed by atoms with E-state index in [1.165, 1.54) is 0 Å². The zero-order chi connectivity index (χ0) is 21.8. The fraction of sp³-hybridized carbons (Fsp3) is 0.120. The van der Waals surface area contributed by atoms with Crippen LogP contribution < -0.4 is 5.32 Å². The van der Waals surface area contributed by atoms with Crippen molar-refractivity contribution in [3.05, 3.63) is 102 Å². The van der Waals surface area contributed by atoms with E-state index in [0.717, 1.165) is 16.6 Å². The van der Waals surface area contributed by atoms with Crippen LogP contribution in [-0.2, 0) is 6.54 Å². The van der Waals surface area contributed by atoms with Crippen molar-refractivity contribution in [2.75, 3.05) is 12.4 Å². The standard InChI is InChI=1S/C25H22N4O2/c1-17-21-10-6-7-11-22(21)28-23(26-17)16-29(2)25(31)19-12-14-20(15-13-19)27-24(30)18-8-4-3-5-9-18/h3-15H,16H2,1-2H3,(H,27,30). The summed E-state index contributed by atoms with van der Waals surface area (Å²) in [7, 11) is 1.72. The Morgan fingerprint density at radius 1 is 0.839 bits per heavy atom. The number of aromatic nitrogens is 2. The number of nitrogens with zero attached hydrogens (tertiary/aromatic N) is 3. The van der Waals surface area contributed by atoms with Gasteiger partial charge in [-0.15, -0.1) is 0 Å². The number of aryl methyl sites for hydroxylation is 1. The number of anilines is 1. The van der Waals surface area contributed by atoms with E-state index in [9.17, 15) is 9.59 Å². The number of amides is 2. The minimum absolute atomic E-state index is 0.143. The molecule has 31 heavy (non-hydrogen) atoms. The number of rotatable bonds is 5. The summed E-state index contributed by atoms with van der Waals surface area (Å²) in [5, 5.41) is 3.84. The quantitative estimate of drug-likeness (QED) is 0.527. The molecule has 0 unspecified atom stereocenters. The van der Waals surface area contributed by atoms with Crippen molar-refractivity contribution >= 4 is 28.4 Å². The van der Waals surface area contributed by atoms with Crippen LogP contribution in [0.4, 0.5) is 5.69 Å². The molecule has 4 rings (SSSR count). The molecule has 0 atom stereocenters. The molecule has 1 N–H and O–H groups in total. The van der Waals surface area contributed by atoms with Crippen LogP contribution in [0.1, 0.15) is 32.2 Å². The number of nitrogens with one attached hydrogen (secondary N) is 1. The zero-order valence-corrected chi connectivity index (χ0v) is 17.4. The first-order valence-corrected chi connectivity index (χ1v) is 9.95. The average Bonchev–Trinajstić information content (AvgIpc) is 2.79. The molecule has 0 saturated carbocycles. The second-order valence-corrected chi connectivity index (χ2v) is 7.30. The van der Waals surface area contributed by atoms with Crippen LogP contribution in [-0.4, -0.2) is 33.7 Å². The molecular formula is C25H22N4O2. The van der Waals surface area contributed by atoms with E-state index >= 15 is 0 Å². The number of para-hydroxylation sites is 1. The van der Waals surface area contributed by atoms with Crippen molar-refractivity contribution in [1.82, 2.24) is 14.9 Å². The van der Waals surface area contributed by atoms with E-state index in [2.05, 4.69) is 15.3 Å². The molecule has 0 fully saturated rings. The van der Waals surface area contributed by atoms with Crippen molar-refractivity contribution < 1.29 is 9.59 Å². The molecule has 0 saturated heterocycles. The lowest BCUT2D eigenvalue weighted by atomic mass is 10.1. The van der Waals surface area contributed by atoms with E-state index < -0.39 is 0 Å². The molecule has 3 aromatic carbocycles. The second kappa shape index (κ2) is 8.75. The molecule has 0 radical (unpaired) electrons. The molecule has 0 aliphatic rings. The lowest BCUT2D eigenvalue weighted by molar-refractivity contribution is 0.0781. The summed E-state index contributed by atoms with van der Waals surface area (Å²) in [6.07, 6.45) is 0. The largest absolute Gasteiger partial charge is 0.334 e. The summed E-state index contributed by atoms with van der Waals surface area (Å²) in [4.78, 5) is 35.8. The van der Waals surface area contributed by atoms with Crippen LogP contribution in [0.15, 0.2) is 78.9 Å². The van der Waals surface area contributed by atoms with Crippen LogP contribution in [0.3, 0.4) is 0 Å². The zero-order valence-electron chi connectivity index (χ0n) is 17.4. The Hall–Kier alpha value is -4.06. The van der Waals surface area contributed by atoms with Crippen molar-refractivity contribution in [1.29, 1.82) is 0 Å². The summed E-state index contributed by atoms with van der Waals surface area (Å²) in [5.41, 5.74) is 3.48. The highest BCUT2D eigenvalue weighted by Gasteiger charge is 2.15. The number of hydrogen-bond acceptors (Lipinski definition) is 4. The molecule has 1 heterocycles. The van der Waals surface area contributed by atoms with Gasteiger partial charge in [-0.1, -0.05) is 36.4 Å². The lowest BCUT2D eigenvalue weighted by Crippen LogP contribution is -2.27. The number of fused-ring (bicyclic) bond motifs is 1. The Balaban J connectivity index is 1.44. The molecule has 154 valence electrons. The third-order valence-corrected chi connectivity index (χ3v) is 4.99. The minimum Gasteiger partial charge on any atom is -0.334 e. The number of hydrogen-bond donors (Lipinski definition) is 1. The molecule has 2 amide bonds. The van der Waals surface area contributed by atoms with Crippen molar-refractivity contribution in [3.63, 3.8) is 0 Å². The molecule has 0 aliphatic carbocycles. The van der Waals surface area contributed by atoms with Crippen molar-refractivity contribution in [2.45, 2.75) is 13.5 Å². The van der Waals surface area contributed by atoms with Crippen LogP contribution in [0.2, 0.25) is 0 Å². The first-order valence-electron chi connectivity index (χ1n) is 9.95. The van der Waals surface area contributed by atoms with E-state index in [0.29, 0.717) is 29.2 Å². The maximum atomic E-state index is 12.8. The highest BCUT2D eigenvalue weighted by Crippen LogP contribution is 2.17. The molecule has 6 heteroatoms. The number of carbonyl (C=O) groups excluding carboxylic acids is 2. The molecule has 0 aliphatic heterocycles. The third kappa shape index (κ3) is 4.59. The molecule has 1 aromatic heterocycles. The van der Waals surface area contributed by atoms with Gasteiger partial charge in [0.25, 0.3) is 11.8 Å². The first kappa shape index (κ1) is 20.2. The monoisotopic (exact) mass is 410 g/mol. The Bertz CT molecular complexity index is 1240. The van der Waals surface area contributed by atoms with Gasteiger partial charge in [0.1, 0.15) is 5.82 Å². The molecular weight excluding hydrogens is 388 g/mol. The maximum absolute atomic E-state index is 12.8. The number of carbonyl (C=O) groups is 2. The van der Waals surface area contributed by atoms with Gasteiger partial charge in [-0.05, 0) is 49.4 Å². The maximum Gasteiger partial charge on any atom is 0.255 e. The third-order valence-electron chi connectivity index (χ3n) is 4.99. The SMILES string of the molecule is Cc1nc(CN(C)C(=O)c2ccc(NC(=O)c3ccccc3)cc2)nc2ccccc12. The summed E-state index contributed by atoms with van der Waals surface area (Å²) in [5.74, 6) is 0.259. The Morgan fingerprint density at radius 3 is 2.26 bits per heavy atom. The topological polar surface area (TPSA) is 75.2 Å². The average molecular weight is 410 g/mol. The predicted octanol–water partition coefficient (Wildman–Crippen LogP) is 4.46. The highest BCUT2D eigenvalue weighted by atomic mass is 16.2. The Morgan fingerprint density at radius 2 is 1.52 bits per heavy atom. The van der Waals surface area contributed by atoms with Gasteiger partial charge < -0.3 is 10.2 Å². The minimum atomic E-state index is -0.194. The van der Waals surface area contributed by atoms with Gasteiger partial charge in [0.15, 0.2) is 0 Å². The van der Waals surface area contributed by atoms with E-state index in [1.807, 2.05) is 49.4 Å². The first-order chi connectivity index (χ1) is 15.0. The van der Waals surface area contributed by atoms with Gasteiger partial charge in [0, 0.05) is 34.9 Å². The van der Waals surface area contributed by atoms with Crippen LogP contribution in [0.25, 0.3) is 10.9 Å². The molecule has 0 bridgehead atoms. The molecule has 6 nitrogen and oxygen atoms in total. The van der Waals surface area contributed by atoms with Crippen LogP contribution in [0, 0.1) is 6.92 Å². The Labute approximate surface area is 180 Å². The highest BCUT2D eigenvalue weighted by molar-refractivity contribution is 6.04. The van der Waals surface area contributed by atoms with E-state index in [1.54, 1.807) is 48.3 Å². The fourth-order valence-corrected chi connectivity index (χ4v) is 3.36. The van der Waals surface area contributed by atoms with Crippen LogP contribution in [0.5, 0.6) is 0 Å². The summed E-state index contributed by atoms with van der Waals surface area (Å²) in [6, 6.07) is 23.6. The number of benzene rings is 3. The summed E-state index contributed by atoms with van der Waals surface area (Å²) >= 11 is 0. The van der Waals surface area contributed by atoms with E-state index in [-0.39, 0.29) is 11.8 Å². The predicted molar refractivity (Wildman–Crippen MR) is 121 cm³/mol. The van der Waals surface area contributed by atoms with Crippen LogP contribution >= 0.6 is 0 Å². The molecule has 4 aromatic rings. The fourth-order valence-electron chi connectivity index (χ4n) is 3.36. The second-order valence-electron chi connectivity index (χ2n) is 7.30. The van der Waals surface area contributed by atoms with Gasteiger partial charge in [-0.25, -0.2) is 9.97 Å². The Kier molecular flexibility index (Phi) is 5.71. The molecule has 0 spiro atoms. The van der Waals surface area contributed by atoms with Crippen molar-refractivity contribution in [3.8, 4) is 0 Å². The summed E-state index contributed by atoms with van der Waals surface area (Å²) < 4.78 is 0. The van der Waals surface area contributed by atoms with Gasteiger partial charge in [-0.2, -0.15) is 0 Å². The van der Waals surface area contributed by atoms with Gasteiger partial charge in [-0.3, -0.25) is 9.59 Å². The van der Waals surface area contributed by atoms with Gasteiger partial charge in [0.05, 0.1) is 12.1 Å². The lowest BCUT2D eigenvalue weighted by Gasteiger charge is -2.17. The van der Waals surface area contributed by atoms with Crippen molar-refractivity contribution in [2.24, 2.45) is 0 Å². The smallest absolute Gasteiger partial charge is 0.255 e. The van der Waals surface area contributed by atoms with Gasteiger partial charge in [0.2, 0.25) is 0 Å². The summed E-state index contributed by atoms with van der Waals surface area (Å²) in [6.45, 7) is 2.24. The normalized spacial score (nSPS) is 10.6.